The zero-order chi connectivity index (χ0) is 9.52. The summed E-state index contributed by atoms with van der Waals surface area (Å²) in [4.78, 5) is 0. The smallest absolute Gasteiger partial charge is 0.0636 e. The predicted molar refractivity (Wildman–Crippen MR) is 51.4 cm³/mol. The van der Waals surface area contributed by atoms with Crippen molar-refractivity contribution in [3.63, 3.8) is 0 Å². The van der Waals surface area contributed by atoms with Gasteiger partial charge in [0.15, 0.2) is 0 Å². The Morgan fingerprint density at radius 2 is 2.46 bits per heavy atom. The average molecular weight is 183 g/mol. The number of aliphatic hydroxyl groups excluding tert-OH is 1. The number of hydrogen-bond acceptors (Lipinski definition) is 3. The first-order chi connectivity index (χ1) is 6.29. The lowest BCUT2D eigenvalue weighted by Crippen LogP contribution is -2.25. The molecular formula is C9H17N3O. The van der Waals surface area contributed by atoms with Gasteiger partial charge in [-0.3, -0.25) is 4.68 Å². The molecule has 1 rings (SSSR count). The topological polar surface area (TPSA) is 50.1 Å². The highest BCUT2D eigenvalue weighted by molar-refractivity contribution is 4.77. The Bertz CT molecular complexity index is 209. The monoisotopic (exact) mass is 183 g/mol. The SMILES string of the molecule is C[C@@H](O)CNCCCn1cccn1. The second kappa shape index (κ2) is 5.72. The van der Waals surface area contributed by atoms with Crippen molar-refractivity contribution in [3.05, 3.63) is 18.5 Å². The third-order valence-corrected chi connectivity index (χ3v) is 1.74. The van der Waals surface area contributed by atoms with E-state index < -0.39 is 0 Å². The van der Waals surface area contributed by atoms with E-state index in [-0.39, 0.29) is 6.10 Å². The van der Waals surface area contributed by atoms with Gasteiger partial charge in [-0.15, -0.1) is 0 Å². The third-order valence-electron chi connectivity index (χ3n) is 1.74. The lowest BCUT2D eigenvalue weighted by Gasteiger charge is -2.06. The Hall–Kier alpha value is -0.870. The van der Waals surface area contributed by atoms with Crippen LogP contribution in [0.25, 0.3) is 0 Å². The number of aliphatic hydroxyl groups is 1. The van der Waals surface area contributed by atoms with E-state index >= 15 is 0 Å². The summed E-state index contributed by atoms with van der Waals surface area (Å²) in [7, 11) is 0. The minimum atomic E-state index is -0.260. The molecule has 0 amide bonds. The van der Waals surface area contributed by atoms with Crippen LogP contribution in [0, 0.1) is 0 Å². The molecular weight excluding hydrogens is 166 g/mol. The van der Waals surface area contributed by atoms with Crippen molar-refractivity contribution < 1.29 is 5.11 Å². The van der Waals surface area contributed by atoms with E-state index in [1.807, 2.05) is 16.9 Å². The summed E-state index contributed by atoms with van der Waals surface area (Å²) in [6.07, 6.45) is 4.51. The third kappa shape index (κ3) is 4.65. The van der Waals surface area contributed by atoms with E-state index in [9.17, 15) is 0 Å². The van der Waals surface area contributed by atoms with Crippen LogP contribution in [0.3, 0.4) is 0 Å². The Morgan fingerprint density at radius 3 is 3.08 bits per heavy atom. The summed E-state index contributed by atoms with van der Waals surface area (Å²) >= 11 is 0. The van der Waals surface area contributed by atoms with Crippen LogP contribution in [0.15, 0.2) is 18.5 Å². The van der Waals surface area contributed by atoms with Gasteiger partial charge in [0.2, 0.25) is 0 Å². The first kappa shape index (κ1) is 10.2. The minimum absolute atomic E-state index is 0.260. The van der Waals surface area contributed by atoms with Crippen LogP contribution in [-0.2, 0) is 6.54 Å². The van der Waals surface area contributed by atoms with Crippen molar-refractivity contribution in [1.82, 2.24) is 15.1 Å². The Balaban J connectivity index is 1.96. The second-order valence-corrected chi connectivity index (χ2v) is 3.18. The number of nitrogens with one attached hydrogen (secondary N) is 1. The highest BCUT2D eigenvalue weighted by atomic mass is 16.3. The molecule has 1 atom stereocenters. The Labute approximate surface area is 78.6 Å². The van der Waals surface area contributed by atoms with Gasteiger partial charge in [0, 0.05) is 25.5 Å². The predicted octanol–water partition coefficient (Wildman–Crippen LogP) is 0.244. The van der Waals surface area contributed by atoms with Gasteiger partial charge in [-0.05, 0) is 26.0 Å². The molecule has 74 valence electrons. The summed E-state index contributed by atoms with van der Waals surface area (Å²) in [5.74, 6) is 0. The van der Waals surface area contributed by atoms with Gasteiger partial charge < -0.3 is 10.4 Å². The molecule has 1 aromatic heterocycles. The van der Waals surface area contributed by atoms with E-state index in [0.29, 0.717) is 6.54 Å². The fourth-order valence-corrected chi connectivity index (χ4v) is 1.11. The Morgan fingerprint density at radius 1 is 1.62 bits per heavy atom. The van der Waals surface area contributed by atoms with Crippen molar-refractivity contribution in [2.75, 3.05) is 13.1 Å². The number of nitrogens with zero attached hydrogens (tertiary/aromatic N) is 2. The molecule has 0 aliphatic carbocycles. The quantitative estimate of drug-likeness (QED) is 0.621. The molecule has 4 nitrogen and oxygen atoms in total. The van der Waals surface area contributed by atoms with E-state index in [0.717, 1.165) is 19.5 Å². The molecule has 13 heavy (non-hydrogen) atoms. The zero-order valence-electron chi connectivity index (χ0n) is 7.98. The van der Waals surface area contributed by atoms with E-state index in [1.54, 1.807) is 13.1 Å². The number of rotatable bonds is 6. The zero-order valence-corrected chi connectivity index (χ0v) is 7.98. The molecule has 0 bridgehead atoms. The van der Waals surface area contributed by atoms with Crippen molar-refractivity contribution in [3.8, 4) is 0 Å². The van der Waals surface area contributed by atoms with Gasteiger partial charge >= 0.3 is 0 Å². The summed E-state index contributed by atoms with van der Waals surface area (Å²) in [5.41, 5.74) is 0. The second-order valence-electron chi connectivity index (χ2n) is 3.18. The van der Waals surface area contributed by atoms with E-state index in [2.05, 4.69) is 10.4 Å². The molecule has 0 aliphatic heterocycles. The lowest BCUT2D eigenvalue weighted by atomic mass is 10.3. The molecule has 0 aliphatic rings. The first-order valence-corrected chi connectivity index (χ1v) is 4.65. The summed E-state index contributed by atoms with van der Waals surface area (Å²) < 4.78 is 1.91. The maximum absolute atomic E-state index is 8.96. The summed E-state index contributed by atoms with van der Waals surface area (Å²) in [6.45, 7) is 4.30. The first-order valence-electron chi connectivity index (χ1n) is 4.65. The van der Waals surface area contributed by atoms with Gasteiger partial charge in [-0.1, -0.05) is 0 Å². The normalized spacial score (nSPS) is 13.1. The highest BCUT2D eigenvalue weighted by Crippen LogP contribution is 1.87. The highest BCUT2D eigenvalue weighted by Gasteiger charge is 1.94. The van der Waals surface area contributed by atoms with Crippen LogP contribution in [0.1, 0.15) is 13.3 Å². The number of aromatic nitrogens is 2. The van der Waals surface area contributed by atoms with Gasteiger partial charge in [0.25, 0.3) is 0 Å². The number of aryl methyl sites for hydroxylation is 1. The molecule has 0 saturated heterocycles. The summed E-state index contributed by atoms with van der Waals surface area (Å²) in [5, 5.41) is 16.2. The van der Waals surface area contributed by atoms with Crippen LogP contribution in [0.2, 0.25) is 0 Å². The molecule has 4 heteroatoms. The van der Waals surface area contributed by atoms with Crippen LogP contribution in [-0.4, -0.2) is 34.1 Å². The fraction of sp³-hybridized carbons (Fsp3) is 0.667. The molecule has 0 spiro atoms. The maximum Gasteiger partial charge on any atom is 0.0636 e. The van der Waals surface area contributed by atoms with E-state index in [4.69, 9.17) is 5.11 Å². The van der Waals surface area contributed by atoms with Crippen LogP contribution < -0.4 is 5.32 Å². The molecule has 0 unspecified atom stereocenters. The molecule has 0 fully saturated rings. The van der Waals surface area contributed by atoms with Crippen molar-refractivity contribution >= 4 is 0 Å². The van der Waals surface area contributed by atoms with Crippen molar-refractivity contribution in [2.45, 2.75) is 26.0 Å². The number of hydrogen-bond donors (Lipinski definition) is 2. The van der Waals surface area contributed by atoms with Gasteiger partial charge in [0.05, 0.1) is 6.10 Å². The minimum Gasteiger partial charge on any atom is -0.392 e. The van der Waals surface area contributed by atoms with Crippen molar-refractivity contribution in [1.29, 1.82) is 0 Å². The summed E-state index contributed by atoms with van der Waals surface area (Å²) in [6, 6.07) is 1.92. The molecule has 2 N–H and O–H groups in total. The van der Waals surface area contributed by atoms with Gasteiger partial charge in [-0.2, -0.15) is 5.10 Å². The van der Waals surface area contributed by atoms with Gasteiger partial charge in [-0.25, -0.2) is 0 Å². The average Bonchev–Trinajstić information content (AvgIpc) is 2.55. The Kier molecular flexibility index (Phi) is 4.49. The van der Waals surface area contributed by atoms with Gasteiger partial charge in [0.1, 0.15) is 0 Å². The molecule has 1 heterocycles. The molecule has 0 aromatic carbocycles. The molecule has 0 saturated carbocycles. The largest absolute Gasteiger partial charge is 0.392 e. The lowest BCUT2D eigenvalue weighted by molar-refractivity contribution is 0.191. The standard InChI is InChI=1S/C9H17N3O/c1-9(13)8-10-4-2-6-12-7-3-5-11-12/h3,5,7,9-10,13H,2,4,6,8H2,1H3/t9-/m1/s1. The molecule has 1 aromatic rings. The van der Waals surface area contributed by atoms with Crippen LogP contribution >= 0.6 is 0 Å². The van der Waals surface area contributed by atoms with Crippen LogP contribution in [0.5, 0.6) is 0 Å². The molecule has 0 radical (unpaired) electrons. The maximum atomic E-state index is 8.96. The van der Waals surface area contributed by atoms with Crippen LogP contribution in [0.4, 0.5) is 0 Å². The van der Waals surface area contributed by atoms with E-state index in [1.165, 1.54) is 0 Å². The van der Waals surface area contributed by atoms with Crippen molar-refractivity contribution in [2.24, 2.45) is 0 Å². The fourth-order valence-electron chi connectivity index (χ4n) is 1.11.